The summed E-state index contributed by atoms with van der Waals surface area (Å²) in [5.74, 6) is -1.46. The molecule has 0 aromatic heterocycles. The van der Waals surface area contributed by atoms with Gasteiger partial charge in [0.05, 0.1) is 19.1 Å². The van der Waals surface area contributed by atoms with Crippen molar-refractivity contribution in [3.8, 4) is 0 Å². The van der Waals surface area contributed by atoms with Crippen molar-refractivity contribution >= 4 is 11.8 Å². The number of allylic oxidation sites excluding steroid dienone is 1. The SMILES string of the molecule is CCCCC=CC(CC(N)=O)C(=O)N(CCO)CCO. The number of carbonyl (C=O) groups is 2. The van der Waals surface area contributed by atoms with Crippen molar-refractivity contribution in [3.63, 3.8) is 0 Å². The maximum atomic E-state index is 12.3. The van der Waals surface area contributed by atoms with Crippen LogP contribution in [0.15, 0.2) is 12.2 Å². The van der Waals surface area contributed by atoms with Gasteiger partial charge in [-0.25, -0.2) is 0 Å². The predicted octanol–water partition coefficient (Wildman–Crippen LogP) is 0.0376. The average Bonchev–Trinajstić information content (AvgIpc) is 2.41. The second-order valence-electron chi connectivity index (χ2n) is 4.62. The molecule has 0 fully saturated rings. The second-order valence-corrected chi connectivity index (χ2v) is 4.62. The molecule has 0 heterocycles. The van der Waals surface area contributed by atoms with Crippen molar-refractivity contribution in [2.24, 2.45) is 11.7 Å². The van der Waals surface area contributed by atoms with E-state index in [1.807, 2.05) is 6.08 Å². The molecule has 116 valence electrons. The Kier molecular flexibility index (Phi) is 10.6. The first-order chi connectivity index (χ1) is 9.56. The van der Waals surface area contributed by atoms with Gasteiger partial charge >= 0.3 is 0 Å². The van der Waals surface area contributed by atoms with Gasteiger partial charge in [-0.05, 0) is 6.42 Å². The van der Waals surface area contributed by atoms with Crippen LogP contribution >= 0.6 is 0 Å². The summed E-state index contributed by atoms with van der Waals surface area (Å²) in [5, 5.41) is 17.9. The highest BCUT2D eigenvalue weighted by molar-refractivity contribution is 5.86. The van der Waals surface area contributed by atoms with Gasteiger partial charge in [-0.15, -0.1) is 0 Å². The van der Waals surface area contributed by atoms with Crippen LogP contribution in [0.5, 0.6) is 0 Å². The Morgan fingerprint density at radius 1 is 1.25 bits per heavy atom. The van der Waals surface area contributed by atoms with Crippen molar-refractivity contribution in [2.75, 3.05) is 26.3 Å². The number of hydrogen-bond donors (Lipinski definition) is 3. The Morgan fingerprint density at radius 3 is 2.30 bits per heavy atom. The van der Waals surface area contributed by atoms with E-state index in [0.717, 1.165) is 19.3 Å². The molecular weight excluding hydrogens is 260 g/mol. The first-order valence-electron chi connectivity index (χ1n) is 7.02. The first-order valence-corrected chi connectivity index (χ1v) is 7.02. The zero-order valence-electron chi connectivity index (χ0n) is 12.1. The molecule has 0 aromatic rings. The van der Waals surface area contributed by atoms with Gasteiger partial charge in [0.1, 0.15) is 0 Å². The maximum Gasteiger partial charge on any atom is 0.230 e. The monoisotopic (exact) mass is 286 g/mol. The Hall–Kier alpha value is -1.40. The largest absolute Gasteiger partial charge is 0.395 e. The highest BCUT2D eigenvalue weighted by Crippen LogP contribution is 2.11. The van der Waals surface area contributed by atoms with E-state index in [1.165, 1.54) is 4.90 Å². The number of primary amides is 1. The van der Waals surface area contributed by atoms with Gasteiger partial charge in [-0.1, -0.05) is 31.9 Å². The van der Waals surface area contributed by atoms with Crippen molar-refractivity contribution in [1.82, 2.24) is 4.90 Å². The molecule has 0 aliphatic heterocycles. The molecule has 0 rings (SSSR count). The van der Waals surface area contributed by atoms with Crippen molar-refractivity contribution < 1.29 is 19.8 Å². The Morgan fingerprint density at radius 2 is 1.85 bits per heavy atom. The number of amides is 2. The van der Waals surface area contributed by atoms with Crippen LogP contribution in [-0.4, -0.2) is 53.2 Å². The fourth-order valence-corrected chi connectivity index (χ4v) is 1.85. The summed E-state index contributed by atoms with van der Waals surface area (Å²) in [7, 11) is 0. The molecule has 0 saturated carbocycles. The number of aliphatic hydroxyl groups is 2. The van der Waals surface area contributed by atoms with Crippen LogP contribution in [-0.2, 0) is 9.59 Å². The van der Waals surface area contributed by atoms with Crippen LogP contribution in [0.1, 0.15) is 32.6 Å². The lowest BCUT2D eigenvalue weighted by Gasteiger charge is -2.24. The Balaban J connectivity index is 4.74. The minimum Gasteiger partial charge on any atom is -0.395 e. The summed E-state index contributed by atoms with van der Waals surface area (Å²) in [4.78, 5) is 24.7. The topological polar surface area (TPSA) is 104 Å². The van der Waals surface area contributed by atoms with Crippen LogP contribution in [0.3, 0.4) is 0 Å². The van der Waals surface area contributed by atoms with E-state index in [-0.39, 0.29) is 38.6 Å². The van der Waals surface area contributed by atoms with Crippen LogP contribution in [0.25, 0.3) is 0 Å². The van der Waals surface area contributed by atoms with Crippen LogP contribution in [0.2, 0.25) is 0 Å². The molecule has 0 aliphatic carbocycles. The van der Waals surface area contributed by atoms with Gasteiger partial charge in [0.15, 0.2) is 0 Å². The van der Waals surface area contributed by atoms with E-state index in [0.29, 0.717) is 0 Å². The highest BCUT2D eigenvalue weighted by atomic mass is 16.3. The number of rotatable bonds is 11. The van der Waals surface area contributed by atoms with Crippen LogP contribution < -0.4 is 5.73 Å². The molecule has 0 aromatic carbocycles. The third kappa shape index (κ3) is 7.91. The van der Waals surface area contributed by atoms with E-state index in [4.69, 9.17) is 15.9 Å². The molecule has 0 radical (unpaired) electrons. The minimum absolute atomic E-state index is 0.0607. The van der Waals surface area contributed by atoms with Crippen molar-refractivity contribution in [2.45, 2.75) is 32.6 Å². The summed E-state index contributed by atoms with van der Waals surface area (Å²) in [6.45, 7) is 1.97. The second kappa shape index (κ2) is 11.4. The van der Waals surface area contributed by atoms with Gasteiger partial charge in [-0.2, -0.15) is 0 Å². The lowest BCUT2D eigenvalue weighted by Crippen LogP contribution is -2.40. The normalized spacial score (nSPS) is 12.6. The van der Waals surface area contributed by atoms with E-state index < -0.39 is 11.8 Å². The lowest BCUT2D eigenvalue weighted by atomic mass is 10.0. The smallest absolute Gasteiger partial charge is 0.230 e. The van der Waals surface area contributed by atoms with E-state index in [1.54, 1.807) is 6.08 Å². The van der Waals surface area contributed by atoms with Crippen molar-refractivity contribution in [3.05, 3.63) is 12.2 Å². The highest BCUT2D eigenvalue weighted by Gasteiger charge is 2.23. The van der Waals surface area contributed by atoms with Gasteiger partial charge < -0.3 is 20.8 Å². The first kappa shape index (κ1) is 18.6. The number of hydrogen-bond acceptors (Lipinski definition) is 4. The molecular formula is C14H26N2O4. The number of nitrogens with two attached hydrogens (primary N) is 1. The molecule has 0 spiro atoms. The molecule has 4 N–H and O–H groups in total. The summed E-state index contributed by atoms with van der Waals surface area (Å²) in [5.41, 5.74) is 5.17. The molecule has 6 heteroatoms. The summed E-state index contributed by atoms with van der Waals surface area (Å²) >= 11 is 0. The van der Waals surface area contributed by atoms with E-state index in [2.05, 4.69) is 6.92 Å². The van der Waals surface area contributed by atoms with E-state index >= 15 is 0 Å². The van der Waals surface area contributed by atoms with Gasteiger partial charge in [0.2, 0.25) is 11.8 Å². The molecule has 2 amide bonds. The van der Waals surface area contributed by atoms with Crippen LogP contribution in [0, 0.1) is 5.92 Å². The molecule has 0 saturated heterocycles. The molecule has 0 bridgehead atoms. The summed E-state index contributed by atoms with van der Waals surface area (Å²) < 4.78 is 0. The zero-order valence-corrected chi connectivity index (χ0v) is 12.1. The standard InChI is InChI=1S/C14H26N2O4/c1-2-3-4-5-6-12(11-13(15)19)14(20)16(7-9-17)8-10-18/h5-6,12,17-18H,2-4,7-11H2,1H3,(H2,15,19). The number of carbonyl (C=O) groups excluding carboxylic acids is 2. The van der Waals surface area contributed by atoms with E-state index in [9.17, 15) is 9.59 Å². The summed E-state index contributed by atoms with van der Waals surface area (Å²) in [6.07, 6.45) is 6.44. The molecule has 20 heavy (non-hydrogen) atoms. The Bertz CT molecular complexity index is 312. The van der Waals surface area contributed by atoms with Crippen LogP contribution in [0.4, 0.5) is 0 Å². The van der Waals surface area contributed by atoms with Gasteiger partial charge in [0, 0.05) is 19.5 Å². The number of unbranched alkanes of at least 4 members (excludes halogenated alkanes) is 2. The quantitative estimate of drug-likeness (QED) is 0.368. The fraction of sp³-hybridized carbons (Fsp3) is 0.714. The third-order valence-corrected chi connectivity index (χ3v) is 2.88. The molecule has 1 atom stereocenters. The number of aliphatic hydroxyl groups excluding tert-OH is 2. The average molecular weight is 286 g/mol. The minimum atomic E-state index is -0.623. The zero-order chi connectivity index (χ0) is 15.4. The molecule has 0 aliphatic rings. The molecule has 1 unspecified atom stereocenters. The maximum absolute atomic E-state index is 12.3. The Labute approximate surface area is 120 Å². The summed E-state index contributed by atoms with van der Waals surface area (Å²) in [6, 6.07) is 0. The predicted molar refractivity (Wildman–Crippen MR) is 76.7 cm³/mol. The van der Waals surface area contributed by atoms with Crippen molar-refractivity contribution in [1.29, 1.82) is 0 Å². The van der Waals surface area contributed by atoms with Gasteiger partial charge in [0.25, 0.3) is 0 Å². The third-order valence-electron chi connectivity index (χ3n) is 2.88. The fourth-order valence-electron chi connectivity index (χ4n) is 1.85. The lowest BCUT2D eigenvalue weighted by molar-refractivity contribution is -0.137. The van der Waals surface area contributed by atoms with Gasteiger partial charge in [-0.3, -0.25) is 9.59 Å². The molecule has 6 nitrogen and oxygen atoms in total. The number of nitrogens with zero attached hydrogens (tertiary/aromatic N) is 1.